The highest BCUT2D eigenvalue weighted by molar-refractivity contribution is 9.10. The van der Waals surface area contributed by atoms with Crippen molar-refractivity contribution in [2.24, 2.45) is 0 Å². The average molecular weight is 426 g/mol. The fourth-order valence-electron chi connectivity index (χ4n) is 2.81. The summed E-state index contributed by atoms with van der Waals surface area (Å²) in [5, 5.41) is 11.4. The Morgan fingerprint density at radius 3 is 2.85 bits per heavy atom. The van der Waals surface area contributed by atoms with Gasteiger partial charge in [0, 0.05) is 21.9 Å². The van der Waals surface area contributed by atoms with Crippen molar-refractivity contribution in [3.8, 4) is 0 Å². The topological polar surface area (TPSA) is 90.0 Å². The number of hydrogen-bond donors (Lipinski definition) is 1. The molecule has 0 bridgehead atoms. The normalized spacial score (nSPS) is 11.1. The Balaban J connectivity index is 1.57. The van der Waals surface area contributed by atoms with Gasteiger partial charge in [0.05, 0.1) is 12.7 Å². The first-order chi connectivity index (χ1) is 13.0. The van der Waals surface area contributed by atoms with E-state index < -0.39 is 5.91 Å². The van der Waals surface area contributed by atoms with Gasteiger partial charge < -0.3 is 5.32 Å². The highest BCUT2D eigenvalue weighted by atomic mass is 79.9. The molecule has 136 valence electrons. The van der Waals surface area contributed by atoms with Crippen LogP contribution in [0.1, 0.15) is 27.6 Å². The first-order valence-electron chi connectivity index (χ1n) is 8.28. The predicted octanol–water partition coefficient (Wildman–Crippen LogP) is 3.00. The molecule has 0 radical (unpaired) electrons. The van der Waals surface area contributed by atoms with Crippen LogP contribution in [-0.4, -0.2) is 35.3 Å². The second kappa shape index (κ2) is 6.92. The molecule has 0 aliphatic carbocycles. The summed E-state index contributed by atoms with van der Waals surface area (Å²) in [5.74, 6) is 0.625. The van der Waals surface area contributed by atoms with Crippen LogP contribution in [0, 0.1) is 13.8 Å². The monoisotopic (exact) mass is 425 g/mol. The van der Waals surface area contributed by atoms with Gasteiger partial charge in [-0.1, -0.05) is 28.1 Å². The molecular formula is C18H16BrN7O. The molecule has 1 aromatic carbocycles. The van der Waals surface area contributed by atoms with Crippen molar-refractivity contribution in [3.05, 3.63) is 69.8 Å². The molecule has 0 saturated carbocycles. The van der Waals surface area contributed by atoms with Gasteiger partial charge in [0.1, 0.15) is 5.82 Å². The van der Waals surface area contributed by atoms with Crippen molar-refractivity contribution in [1.82, 2.24) is 29.4 Å². The Hall–Kier alpha value is -3.07. The Morgan fingerprint density at radius 2 is 2.04 bits per heavy atom. The van der Waals surface area contributed by atoms with Crippen molar-refractivity contribution < 1.29 is 4.79 Å². The molecule has 1 N–H and O–H groups in total. The first-order valence-corrected chi connectivity index (χ1v) is 9.07. The zero-order chi connectivity index (χ0) is 19.0. The third-order valence-electron chi connectivity index (χ3n) is 4.00. The third-order valence-corrected chi connectivity index (χ3v) is 4.49. The van der Waals surface area contributed by atoms with Crippen LogP contribution in [0.3, 0.4) is 0 Å². The Kier molecular flexibility index (Phi) is 4.44. The lowest BCUT2D eigenvalue weighted by molar-refractivity contribution is 0.101. The third kappa shape index (κ3) is 3.59. The van der Waals surface area contributed by atoms with Gasteiger partial charge >= 0.3 is 0 Å². The molecular weight excluding hydrogens is 410 g/mol. The molecule has 27 heavy (non-hydrogen) atoms. The number of carbonyl (C=O) groups excluding carboxylic acids is 1. The number of anilines is 1. The summed E-state index contributed by atoms with van der Waals surface area (Å²) in [7, 11) is 0. The lowest BCUT2D eigenvalue weighted by Crippen LogP contribution is -2.17. The molecule has 8 nitrogen and oxygen atoms in total. The van der Waals surface area contributed by atoms with Crippen molar-refractivity contribution >= 4 is 33.4 Å². The fourth-order valence-corrected chi connectivity index (χ4v) is 3.25. The van der Waals surface area contributed by atoms with E-state index in [1.54, 1.807) is 21.5 Å². The van der Waals surface area contributed by atoms with Crippen molar-refractivity contribution in [3.63, 3.8) is 0 Å². The number of fused-ring (bicyclic) bond motifs is 1. The highest BCUT2D eigenvalue weighted by Crippen LogP contribution is 2.15. The van der Waals surface area contributed by atoms with Crippen LogP contribution in [0.5, 0.6) is 0 Å². The minimum Gasteiger partial charge on any atom is -0.304 e. The maximum atomic E-state index is 12.6. The Labute approximate surface area is 163 Å². The molecule has 9 heteroatoms. The summed E-state index contributed by atoms with van der Waals surface area (Å²) in [4.78, 5) is 21.1. The number of benzene rings is 1. The Bertz CT molecular complexity index is 1150. The molecule has 4 rings (SSSR count). The number of aryl methyl sites for hydroxylation is 2. The van der Waals surface area contributed by atoms with Gasteiger partial charge in [-0.2, -0.15) is 10.1 Å². The van der Waals surface area contributed by atoms with Gasteiger partial charge in [0.2, 0.25) is 5.82 Å². The van der Waals surface area contributed by atoms with Crippen LogP contribution in [0.15, 0.2) is 47.1 Å². The van der Waals surface area contributed by atoms with E-state index in [1.807, 2.05) is 44.2 Å². The van der Waals surface area contributed by atoms with E-state index in [2.05, 4.69) is 41.4 Å². The van der Waals surface area contributed by atoms with E-state index in [0.717, 1.165) is 21.4 Å². The molecule has 1 amide bonds. The van der Waals surface area contributed by atoms with Crippen LogP contribution in [-0.2, 0) is 6.54 Å². The number of halogens is 1. The zero-order valence-corrected chi connectivity index (χ0v) is 16.3. The number of nitrogens with zero attached hydrogens (tertiary/aromatic N) is 6. The lowest BCUT2D eigenvalue weighted by Gasteiger charge is -2.08. The number of rotatable bonds is 4. The predicted molar refractivity (Wildman–Crippen MR) is 104 cm³/mol. The van der Waals surface area contributed by atoms with E-state index in [-0.39, 0.29) is 5.82 Å². The second-order valence-electron chi connectivity index (χ2n) is 6.14. The fraction of sp³-hybridized carbons (Fsp3) is 0.167. The summed E-state index contributed by atoms with van der Waals surface area (Å²) in [5.41, 5.74) is 2.75. The van der Waals surface area contributed by atoms with Gasteiger partial charge in [-0.05, 0) is 37.6 Å². The standard InChI is InChI=1S/C18H16BrN7O/c1-11-8-12(2)26-18(21-11)23-16(24-26)17(27)22-15-6-7-20-25(15)10-13-4-3-5-14(19)9-13/h3-9H,10H2,1-2H3,(H,22,27). The van der Waals surface area contributed by atoms with Crippen LogP contribution < -0.4 is 5.32 Å². The summed E-state index contributed by atoms with van der Waals surface area (Å²) in [6, 6.07) is 11.5. The SMILES string of the molecule is Cc1cc(C)n2nc(C(=O)Nc3ccnn3Cc3cccc(Br)c3)nc2n1. The molecule has 3 heterocycles. The van der Waals surface area contributed by atoms with E-state index in [0.29, 0.717) is 18.1 Å². The maximum absolute atomic E-state index is 12.6. The molecule has 0 aliphatic rings. The van der Waals surface area contributed by atoms with Gasteiger partial charge in [-0.15, -0.1) is 5.10 Å². The minimum atomic E-state index is -0.409. The minimum absolute atomic E-state index is 0.0615. The van der Waals surface area contributed by atoms with E-state index in [1.165, 1.54) is 0 Å². The van der Waals surface area contributed by atoms with Crippen LogP contribution in [0.4, 0.5) is 5.82 Å². The van der Waals surface area contributed by atoms with Gasteiger partial charge in [-0.25, -0.2) is 14.2 Å². The quantitative estimate of drug-likeness (QED) is 0.542. The van der Waals surface area contributed by atoms with Gasteiger partial charge in [0.25, 0.3) is 11.7 Å². The average Bonchev–Trinajstić information content (AvgIpc) is 3.22. The second-order valence-corrected chi connectivity index (χ2v) is 7.06. The van der Waals surface area contributed by atoms with Crippen molar-refractivity contribution in [2.45, 2.75) is 20.4 Å². The number of nitrogens with one attached hydrogen (secondary N) is 1. The Morgan fingerprint density at radius 1 is 1.19 bits per heavy atom. The van der Waals surface area contributed by atoms with E-state index >= 15 is 0 Å². The lowest BCUT2D eigenvalue weighted by atomic mass is 10.2. The summed E-state index contributed by atoms with van der Waals surface area (Å²) in [6.45, 7) is 4.30. The van der Waals surface area contributed by atoms with Gasteiger partial charge in [-0.3, -0.25) is 4.79 Å². The number of amides is 1. The molecule has 0 fully saturated rings. The van der Waals surface area contributed by atoms with Crippen LogP contribution >= 0.6 is 15.9 Å². The molecule has 4 aromatic rings. The molecule has 3 aromatic heterocycles. The molecule has 0 spiro atoms. The molecule has 0 atom stereocenters. The summed E-state index contributed by atoms with van der Waals surface area (Å²) >= 11 is 3.46. The number of hydrogen-bond acceptors (Lipinski definition) is 5. The van der Waals surface area contributed by atoms with Crippen LogP contribution in [0.2, 0.25) is 0 Å². The first kappa shape index (κ1) is 17.3. The maximum Gasteiger partial charge on any atom is 0.296 e. The smallest absolute Gasteiger partial charge is 0.296 e. The highest BCUT2D eigenvalue weighted by Gasteiger charge is 2.17. The van der Waals surface area contributed by atoms with E-state index in [9.17, 15) is 4.79 Å². The van der Waals surface area contributed by atoms with Crippen molar-refractivity contribution in [1.29, 1.82) is 0 Å². The largest absolute Gasteiger partial charge is 0.304 e. The van der Waals surface area contributed by atoms with Gasteiger partial charge in [0.15, 0.2) is 0 Å². The summed E-state index contributed by atoms with van der Waals surface area (Å²) in [6.07, 6.45) is 1.64. The summed E-state index contributed by atoms with van der Waals surface area (Å²) < 4.78 is 4.26. The molecule has 0 unspecified atom stereocenters. The zero-order valence-electron chi connectivity index (χ0n) is 14.7. The van der Waals surface area contributed by atoms with E-state index in [4.69, 9.17) is 0 Å². The van der Waals surface area contributed by atoms with Crippen LogP contribution in [0.25, 0.3) is 5.78 Å². The number of carbonyl (C=O) groups is 1. The molecule has 0 saturated heterocycles. The molecule has 0 aliphatic heterocycles. The van der Waals surface area contributed by atoms with Crippen molar-refractivity contribution in [2.75, 3.05) is 5.32 Å². The number of aromatic nitrogens is 6.